The van der Waals surface area contributed by atoms with Crippen molar-refractivity contribution in [3.05, 3.63) is 84.3 Å². The fourth-order valence-electron chi connectivity index (χ4n) is 3.02. The molecule has 0 aliphatic heterocycles. The second-order valence-electron chi connectivity index (χ2n) is 6.80. The summed E-state index contributed by atoms with van der Waals surface area (Å²) in [7, 11) is 0. The smallest absolute Gasteiger partial charge is 0.407 e. The molecule has 2 heterocycles. The maximum Gasteiger partial charge on any atom is 0.420 e. The number of carbonyl (C=O) groups excluding carboxylic acids is 1. The summed E-state index contributed by atoms with van der Waals surface area (Å²) in [5.41, 5.74) is 2.16. The van der Waals surface area contributed by atoms with Crippen molar-refractivity contribution in [2.45, 2.75) is 19.9 Å². The van der Waals surface area contributed by atoms with E-state index >= 15 is 0 Å². The summed E-state index contributed by atoms with van der Waals surface area (Å²) < 4.78 is 6.14. The third-order valence-corrected chi connectivity index (χ3v) is 5.90. The Morgan fingerprint density at radius 1 is 1.32 bits per heavy atom. The van der Waals surface area contributed by atoms with Crippen molar-refractivity contribution in [3.63, 3.8) is 0 Å². The first-order valence-electron chi connectivity index (χ1n) is 9.07. The Morgan fingerprint density at radius 3 is 2.87 bits per heavy atom. The third kappa shape index (κ3) is 4.49. The fourth-order valence-corrected chi connectivity index (χ4v) is 4.08. The number of oxazole rings is 1. The van der Waals surface area contributed by atoms with Gasteiger partial charge in [-0.2, -0.15) is 0 Å². The Bertz CT molecular complexity index is 1370. The molecule has 4 aromatic rings. The number of halogens is 1. The molecule has 4 rings (SSSR count). The molecule has 31 heavy (non-hydrogen) atoms. The second kappa shape index (κ2) is 8.32. The Hall–Kier alpha value is -3.50. The molecule has 0 saturated heterocycles. The summed E-state index contributed by atoms with van der Waals surface area (Å²) >= 11 is 7.48. The van der Waals surface area contributed by atoms with Gasteiger partial charge in [0.15, 0.2) is 10.7 Å². The van der Waals surface area contributed by atoms with Gasteiger partial charge in [0.25, 0.3) is 5.69 Å². The first kappa shape index (κ1) is 20.8. The van der Waals surface area contributed by atoms with Crippen LogP contribution in [0.15, 0.2) is 51.8 Å². The zero-order chi connectivity index (χ0) is 22.1. The first-order chi connectivity index (χ1) is 14.8. The Labute approximate surface area is 184 Å². The van der Waals surface area contributed by atoms with Gasteiger partial charge in [-0.25, -0.2) is 9.78 Å². The van der Waals surface area contributed by atoms with Crippen LogP contribution >= 0.6 is 22.9 Å². The largest absolute Gasteiger partial charge is 0.420 e. The number of thiazole rings is 1. The number of aromatic nitrogens is 2. The summed E-state index contributed by atoms with van der Waals surface area (Å²) in [4.78, 5) is 39.9. The number of aryl methyl sites for hydroxylation is 1. The number of nitrogens with zero attached hydrogens (tertiary/aromatic N) is 3. The molecule has 0 aliphatic rings. The molecule has 9 nitrogen and oxygen atoms in total. The van der Waals surface area contributed by atoms with Crippen LogP contribution in [0.25, 0.3) is 11.1 Å². The van der Waals surface area contributed by atoms with Gasteiger partial charge in [0, 0.05) is 28.6 Å². The number of non-ortho nitro benzene ring substituents is 1. The van der Waals surface area contributed by atoms with Gasteiger partial charge in [-0.05, 0) is 30.2 Å². The van der Waals surface area contributed by atoms with Gasteiger partial charge < -0.3 is 9.73 Å². The van der Waals surface area contributed by atoms with Gasteiger partial charge in [-0.3, -0.25) is 19.5 Å². The lowest BCUT2D eigenvalue weighted by Gasteiger charge is -2.03. The van der Waals surface area contributed by atoms with Crippen molar-refractivity contribution in [1.82, 2.24) is 9.55 Å². The van der Waals surface area contributed by atoms with E-state index in [9.17, 15) is 19.7 Å². The normalized spacial score (nSPS) is 11.0. The Kier molecular flexibility index (Phi) is 5.57. The molecule has 0 saturated carbocycles. The minimum absolute atomic E-state index is 0.0419. The van der Waals surface area contributed by atoms with Crippen molar-refractivity contribution in [3.8, 4) is 0 Å². The number of anilines is 1. The number of amides is 1. The zero-order valence-electron chi connectivity index (χ0n) is 16.1. The Balaban J connectivity index is 1.46. The van der Waals surface area contributed by atoms with E-state index in [1.807, 2.05) is 25.1 Å². The zero-order valence-corrected chi connectivity index (χ0v) is 17.7. The van der Waals surface area contributed by atoms with Crippen molar-refractivity contribution in [1.29, 1.82) is 0 Å². The molecule has 0 unspecified atom stereocenters. The number of carbonyl (C=O) groups is 1. The first-order valence-corrected chi connectivity index (χ1v) is 10.3. The van der Waals surface area contributed by atoms with Crippen molar-refractivity contribution in [2.75, 3.05) is 5.32 Å². The van der Waals surface area contributed by atoms with E-state index in [4.69, 9.17) is 16.0 Å². The van der Waals surface area contributed by atoms with Gasteiger partial charge in [0.05, 0.1) is 16.5 Å². The molecule has 0 radical (unpaired) electrons. The van der Waals surface area contributed by atoms with Gasteiger partial charge in [-0.1, -0.05) is 23.7 Å². The summed E-state index contributed by atoms with van der Waals surface area (Å²) in [6.45, 7) is 1.62. The van der Waals surface area contributed by atoms with Crippen LogP contribution in [0.1, 0.15) is 16.0 Å². The molecule has 0 bridgehead atoms. The summed E-state index contributed by atoms with van der Waals surface area (Å²) in [6.07, 6.45) is 2.30. The van der Waals surface area contributed by atoms with E-state index in [0.29, 0.717) is 22.1 Å². The van der Waals surface area contributed by atoms with Crippen molar-refractivity contribution in [2.24, 2.45) is 0 Å². The number of rotatable bonds is 6. The summed E-state index contributed by atoms with van der Waals surface area (Å²) in [5.74, 6) is -1.25. The lowest BCUT2D eigenvalue weighted by molar-refractivity contribution is -0.384. The number of nitro groups is 1. The van der Waals surface area contributed by atoms with Crippen LogP contribution in [0.3, 0.4) is 0 Å². The number of benzene rings is 2. The quantitative estimate of drug-likeness (QED) is 0.342. The second-order valence-corrected chi connectivity index (χ2v) is 8.33. The monoisotopic (exact) mass is 458 g/mol. The Morgan fingerprint density at radius 2 is 2.13 bits per heavy atom. The lowest BCUT2D eigenvalue weighted by atomic mass is 10.1. The molecule has 0 atom stereocenters. The van der Waals surface area contributed by atoms with E-state index in [2.05, 4.69) is 10.3 Å². The standard InChI is InChI=1S/C20H15ClN4O5S/c1-11-2-3-12(7-15(11)21)6-14-9-22-19(31-14)23-18(26)10-24-16-5-4-13(25(28)29)8-17(16)30-20(24)27/h2-5,7-9H,6,10H2,1H3,(H,22,23,26). The van der Waals surface area contributed by atoms with E-state index in [0.717, 1.165) is 26.6 Å². The summed E-state index contributed by atoms with van der Waals surface area (Å²) in [6, 6.07) is 9.60. The highest BCUT2D eigenvalue weighted by molar-refractivity contribution is 7.15. The maximum atomic E-state index is 12.4. The van der Waals surface area contributed by atoms with Crippen LogP contribution in [0.2, 0.25) is 5.02 Å². The number of hydrogen-bond acceptors (Lipinski definition) is 7. The van der Waals surface area contributed by atoms with Crippen LogP contribution in [-0.4, -0.2) is 20.4 Å². The van der Waals surface area contributed by atoms with Gasteiger partial charge in [0.2, 0.25) is 5.91 Å². The number of hydrogen-bond donors (Lipinski definition) is 1. The molecule has 0 fully saturated rings. The fraction of sp³-hybridized carbons (Fsp3) is 0.150. The van der Waals surface area contributed by atoms with Gasteiger partial charge in [0.1, 0.15) is 6.54 Å². The van der Waals surface area contributed by atoms with Crippen LogP contribution < -0.4 is 11.1 Å². The molecule has 0 spiro atoms. The van der Waals surface area contributed by atoms with Crippen molar-refractivity contribution >= 4 is 50.8 Å². The van der Waals surface area contributed by atoms with Crippen LogP contribution in [-0.2, 0) is 17.8 Å². The topological polar surface area (TPSA) is 120 Å². The third-order valence-electron chi connectivity index (χ3n) is 4.58. The highest BCUT2D eigenvalue weighted by Crippen LogP contribution is 2.24. The average Bonchev–Trinajstić information content (AvgIpc) is 3.28. The molecular formula is C20H15ClN4O5S. The lowest BCUT2D eigenvalue weighted by Crippen LogP contribution is -2.24. The minimum atomic E-state index is -0.776. The van der Waals surface area contributed by atoms with Crippen molar-refractivity contribution < 1.29 is 14.1 Å². The maximum absolute atomic E-state index is 12.4. The summed E-state index contributed by atoms with van der Waals surface area (Å²) in [5, 5.41) is 14.6. The molecule has 2 aromatic heterocycles. The van der Waals surface area contributed by atoms with E-state index in [-0.39, 0.29) is 17.8 Å². The number of nitro benzene ring substituents is 1. The molecule has 1 N–H and O–H groups in total. The van der Waals surface area contributed by atoms with Gasteiger partial charge >= 0.3 is 5.76 Å². The van der Waals surface area contributed by atoms with E-state index in [1.54, 1.807) is 6.20 Å². The minimum Gasteiger partial charge on any atom is -0.407 e. The molecular weight excluding hydrogens is 444 g/mol. The SMILES string of the molecule is Cc1ccc(Cc2cnc(NC(=O)Cn3c(=O)oc4cc([N+](=O)[O-])ccc43)s2)cc1Cl. The predicted molar refractivity (Wildman–Crippen MR) is 117 cm³/mol. The van der Waals surface area contributed by atoms with Crippen LogP contribution in [0.5, 0.6) is 0 Å². The van der Waals surface area contributed by atoms with Crippen LogP contribution in [0, 0.1) is 17.0 Å². The van der Waals surface area contributed by atoms with Crippen LogP contribution in [0.4, 0.5) is 10.8 Å². The highest BCUT2D eigenvalue weighted by atomic mass is 35.5. The molecule has 0 aliphatic carbocycles. The molecule has 1 amide bonds. The molecule has 2 aromatic carbocycles. The van der Waals surface area contributed by atoms with E-state index < -0.39 is 16.6 Å². The van der Waals surface area contributed by atoms with Gasteiger partial charge in [-0.15, -0.1) is 11.3 Å². The number of nitrogens with one attached hydrogen (secondary N) is 1. The molecule has 158 valence electrons. The predicted octanol–water partition coefficient (Wildman–Crippen LogP) is 4.15. The highest BCUT2D eigenvalue weighted by Gasteiger charge is 2.17. The average molecular weight is 459 g/mol. The molecule has 11 heteroatoms. The van der Waals surface area contributed by atoms with E-state index in [1.165, 1.54) is 23.5 Å². The number of fused-ring (bicyclic) bond motifs is 1.